The summed E-state index contributed by atoms with van der Waals surface area (Å²) in [6.45, 7) is 0.0902. The predicted molar refractivity (Wildman–Crippen MR) is 125 cm³/mol. The van der Waals surface area contributed by atoms with Gasteiger partial charge in [0.25, 0.3) is 0 Å². The number of hydrogen-bond acceptors (Lipinski definition) is 4. The van der Waals surface area contributed by atoms with E-state index in [0.717, 1.165) is 38.5 Å². The number of esters is 2. The van der Waals surface area contributed by atoms with Gasteiger partial charge in [0.2, 0.25) is 0 Å². The SMILES string of the molecule is O=C(CCCCCCCCC(=O)OCc1cc(F)ccc1Br)OCc1cc(F)ccc1Br. The van der Waals surface area contributed by atoms with Crippen molar-refractivity contribution in [2.24, 2.45) is 0 Å². The van der Waals surface area contributed by atoms with Gasteiger partial charge in [0, 0.05) is 32.9 Å². The molecular weight excluding hydrogens is 550 g/mol. The first-order valence-corrected chi connectivity index (χ1v) is 12.1. The molecule has 0 fully saturated rings. The van der Waals surface area contributed by atoms with E-state index in [1.165, 1.54) is 24.3 Å². The van der Waals surface area contributed by atoms with Crippen LogP contribution in [0.4, 0.5) is 8.78 Å². The highest BCUT2D eigenvalue weighted by Crippen LogP contribution is 2.20. The Morgan fingerprint density at radius 2 is 1.03 bits per heavy atom. The van der Waals surface area contributed by atoms with Crippen LogP contribution < -0.4 is 0 Å². The summed E-state index contributed by atoms with van der Waals surface area (Å²) in [7, 11) is 0. The molecule has 8 heteroatoms. The van der Waals surface area contributed by atoms with Crippen molar-refractivity contribution in [2.45, 2.75) is 64.6 Å². The summed E-state index contributed by atoms with van der Waals surface area (Å²) in [6.07, 6.45) is 5.85. The molecule has 0 saturated heterocycles. The maximum Gasteiger partial charge on any atom is 0.306 e. The fourth-order valence-electron chi connectivity index (χ4n) is 3.01. The molecule has 32 heavy (non-hydrogen) atoms. The number of hydrogen-bond donors (Lipinski definition) is 0. The maximum absolute atomic E-state index is 13.2. The summed E-state index contributed by atoms with van der Waals surface area (Å²) in [4.78, 5) is 23.6. The van der Waals surface area contributed by atoms with Gasteiger partial charge in [-0.1, -0.05) is 57.5 Å². The van der Waals surface area contributed by atoms with Crippen LogP contribution >= 0.6 is 31.9 Å². The minimum absolute atomic E-state index is 0.0451. The molecule has 0 N–H and O–H groups in total. The van der Waals surface area contributed by atoms with Crippen LogP contribution in [0.3, 0.4) is 0 Å². The Labute approximate surface area is 203 Å². The van der Waals surface area contributed by atoms with Crippen molar-refractivity contribution in [3.05, 3.63) is 68.1 Å². The lowest BCUT2D eigenvalue weighted by atomic mass is 10.1. The topological polar surface area (TPSA) is 52.6 Å². The molecule has 2 aromatic rings. The third-order valence-corrected chi connectivity index (χ3v) is 6.35. The molecular formula is C24H26Br2F2O4. The molecule has 0 amide bonds. The van der Waals surface area contributed by atoms with E-state index in [9.17, 15) is 18.4 Å². The van der Waals surface area contributed by atoms with Crippen molar-refractivity contribution < 1.29 is 27.8 Å². The molecule has 0 aliphatic heterocycles. The highest BCUT2D eigenvalue weighted by Gasteiger charge is 2.08. The van der Waals surface area contributed by atoms with Gasteiger partial charge in [-0.25, -0.2) is 8.78 Å². The van der Waals surface area contributed by atoms with Crippen LogP contribution in [0, 0.1) is 11.6 Å². The Bertz CT molecular complexity index is 832. The van der Waals surface area contributed by atoms with Crippen molar-refractivity contribution in [1.29, 1.82) is 0 Å². The standard InChI is InChI=1S/C24H26Br2F2O4/c25-21-11-9-19(27)13-17(21)15-31-23(29)7-5-3-1-2-4-6-8-24(30)32-16-18-14-20(28)10-12-22(18)26/h9-14H,1-8,15-16H2. The zero-order valence-electron chi connectivity index (χ0n) is 17.7. The van der Waals surface area contributed by atoms with Crippen LogP contribution in [0.2, 0.25) is 0 Å². The van der Waals surface area contributed by atoms with E-state index >= 15 is 0 Å². The van der Waals surface area contributed by atoms with Gasteiger partial charge in [0.1, 0.15) is 24.8 Å². The number of rotatable bonds is 13. The molecule has 174 valence electrons. The molecule has 0 unspecified atom stereocenters. The summed E-state index contributed by atoms with van der Waals surface area (Å²) in [5.41, 5.74) is 1.20. The quantitative estimate of drug-likeness (QED) is 0.184. The Hall–Kier alpha value is -1.80. The van der Waals surface area contributed by atoms with E-state index in [2.05, 4.69) is 31.9 Å². The molecule has 0 atom stereocenters. The fourth-order valence-corrected chi connectivity index (χ4v) is 3.74. The van der Waals surface area contributed by atoms with Crippen LogP contribution in [-0.2, 0) is 32.3 Å². The summed E-state index contributed by atoms with van der Waals surface area (Å²) in [5, 5.41) is 0. The molecule has 0 bridgehead atoms. The zero-order chi connectivity index (χ0) is 23.3. The second-order valence-corrected chi connectivity index (χ2v) is 9.12. The molecule has 2 rings (SSSR count). The van der Waals surface area contributed by atoms with Crippen molar-refractivity contribution in [2.75, 3.05) is 0 Å². The molecule has 2 aromatic carbocycles. The summed E-state index contributed by atoms with van der Waals surface area (Å²) >= 11 is 6.61. The number of halogens is 4. The molecule has 0 aliphatic rings. The van der Waals surface area contributed by atoms with Crippen LogP contribution in [0.25, 0.3) is 0 Å². The van der Waals surface area contributed by atoms with Gasteiger partial charge in [-0.2, -0.15) is 0 Å². The second kappa shape index (κ2) is 14.4. The van der Waals surface area contributed by atoms with E-state index in [0.29, 0.717) is 32.9 Å². The highest BCUT2D eigenvalue weighted by atomic mass is 79.9. The van der Waals surface area contributed by atoms with Gasteiger partial charge in [-0.3, -0.25) is 9.59 Å². The average Bonchev–Trinajstić information content (AvgIpc) is 2.76. The Balaban J connectivity index is 1.47. The lowest BCUT2D eigenvalue weighted by Gasteiger charge is -2.08. The summed E-state index contributed by atoms with van der Waals surface area (Å²) in [6, 6.07) is 8.53. The van der Waals surface area contributed by atoms with Gasteiger partial charge in [-0.05, 0) is 49.2 Å². The monoisotopic (exact) mass is 574 g/mol. The predicted octanol–water partition coefficient (Wildman–Crippen LogP) is 7.40. The summed E-state index contributed by atoms with van der Waals surface area (Å²) < 4.78 is 38.3. The fraction of sp³-hybridized carbons (Fsp3) is 0.417. The van der Waals surface area contributed by atoms with Crippen molar-refractivity contribution in [3.8, 4) is 0 Å². The Morgan fingerprint density at radius 3 is 1.44 bits per heavy atom. The first-order valence-electron chi connectivity index (χ1n) is 10.5. The lowest BCUT2D eigenvalue weighted by Crippen LogP contribution is -2.05. The van der Waals surface area contributed by atoms with E-state index in [4.69, 9.17) is 9.47 Å². The van der Waals surface area contributed by atoms with Gasteiger partial charge in [0.05, 0.1) is 0 Å². The van der Waals surface area contributed by atoms with E-state index in [-0.39, 0.29) is 36.8 Å². The number of benzene rings is 2. The smallest absolute Gasteiger partial charge is 0.306 e. The van der Waals surface area contributed by atoms with Crippen molar-refractivity contribution >= 4 is 43.8 Å². The van der Waals surface area contributed by atoms with Crippen LogP contribution in [-0.4, -0.2) is 11.9 Å². The summed E-state index contributed by atoms with van der Waals surface area (Å²) in [5.74, 6) is -1.33. The van der Waals surface area contributed by atoms with Gasteiger partial charge >= 0.3 is 11.9 Å². The lowest BCUT2D eigenvalue weighted by molar-refractivity contribution is -0.146. The minimum Gasteiger partial charge on any atom is -0.461 e. The number of ether oxygens (including phenoxy) is 2. The molecule has 0 heterocycles. The maximum atomic E-state index is 13.2. The van der Waals surface area contributed by atoms with Gasteiger partial charge < -0.3 is 9.47 Å². The first kappa shape index (κ1) is 26.5. The van der Waals surface area contributed by atoms with Crippen LogP contribution in [0.5, 0.6) is 0 Å². The highest BCUT2D eigenvalue weighted by molar-refractivity contribution is 9.10. The normalized spacial score (nSPS) is 10.8. The molecule has 4 nitrogen and oxygen atoms in total. The van der Waals surface area contributed by atoms with Crippen LogP contribution in [0.1, 0.15) is 62.5 Å². The largest absolute Gasteiger partial charge is 0.461 e. The van der Waals surface area contributed by atoms with Crippen LogP contribution in [0.15, 0.2) is 45.3 Å². The van der Waals surface area contributed by atoms with Crippen molar-refractivity contribution in [1.82, 2.24) is 0 Å². The molecule has 0 radical (unpaired) electrons. The average molecular weight is 576 g/mol. The first-order chi connectivity index (χ1) is 15.3. The number of unbranched alkanes of at least 4 members (excludes halogenated alkanes) is 5. The third kappa shape index (κ3) is 10.2. The van der Waals surface area contributed by atoms with Gasteiger partial charge in [0.15, 0.2) is 0 Å². The van der Waals surface area contributed by atoms with Gasteiger partial charge in [-0.15, -0.1) is 0 Å². The van der Waals surface area contributed by atoms with E-state index in [1.54, 1.807) is 12.1 Å². The number of carbonyl (C=O) groups excluding carboxylic acids is 2. The second-order valence-electron chi connectivity index (χ2n) is 7.41. The van der Waals surface area contributed by atoms with E-state index in [1.807, 2.05) is 0 Å². The number of carbonyl (C=O) groups is 2. The third-order valence-electron chi connectivity index (χ3n) is 4.80. The minimum atomic E-state index is -0.368. The Kier molecular flexibility index (Phi) is 11.9. The zero-order valence-corrected chi connectivity index (χ0v) is 20.9. The molecule has 0 saturated carbocycles. The molecule has 0 aliphatic carbocycles. The molecule has 0 spiro atoms. The molecule has 0 aromatic heterocycles. The van der Waals surface area contributed by atoms with Crippen molar-refractivity contribution in [3.63, 3.8) is 0 Å². The van der Waals surface area contributed by atoms with E-state index < -0.39 is 0 Å². The Morgan fingerprint density at radius 1 is 0.656 bits per heavy atom.